The molecule has 0 aliphatic carbocycles. The Balaban J connectivity index is 2.09. The first-order valence-corrected chi connectivity index (χ1v) is 6.24. The third kappa shape index (κ3) is 6.06. The van der Waals surface area contributed by atoms with Crippen LogP contribution < -0.4 is 10.9 Å². The van der Waals surface area contributed by atoms with Gasteiger partial charge >= 0.3 is 0 Å². The van der Waals surface area contributed by atoms with Gasteiger partial charge in [0.1, 0.15) is 5.01 Å². The van der Waals surface area contributed by atoms with Crippen LogP contribution in [0, 0.1) is 0 Å². The number of nitrogens with zero attached hydrogens (tertiary/aromatic N) is 2. The Morgan fingerprint density at radius 1 is 1.39 bits per heavy atom. The number of hydroxylamine groups is 1. The summed E-state index contributed by atoms with van der Waals surface area (Å²) in [6.07, 6.45) is 4.71. The molecule has 2 amide bonds. The highest BCUT2D eigenvalue weighted by atomic mass is 32.1. The van der Waals surface area contributed by atoms with E-state index in [1.807, 2.05) is 5.38 Å². The number of thiazole rings is 1. The topological polar surface area (TPSA) is 104 Å². The number of nitrogens with one attached hydrogen (secondary N) is 2. The molecule has 98 valence electrons. The molecule has 1 rings (SSSR count). The second-order valence-electron chi connectivity index (χ2n) is 3.41. The van der Waals surface area contributed by atoms with Crippen molar-refractivity contribution in [2.24, 2.45) is 5.10 Å². The Bertz CT molecular complexity index is 405. The highest BCUT2D eigenvalue weighted by Gasteiger charge is 2.02. The first-order chi connectivity index (χ1) is 8.72. The van der Waals surface area contributed by atoms with Gasteiger partial charge in [0.15, 0.2) is 0 Å². The van der Waals surface area contributed by atoms with E-state index in [4.69, 9.17) is 5.21 Å². The molecule has 0 unspecified atom stereocenters. The number of carbonyl (C=O) groups is 2. The minimum atomic E-state index is -0.447. The maximum absolute atomic E-state index is 11.3. The van der Waals surface area contributed by atoms with Gasteiger partial charge in [-0.3, -0.25) is 14.8 Å². The van der Waals surface area contributed by atoms with E-state index >= 15 is 0 Å². The lowest BCUT2D eigenvalue weighted by molar-refractivity contribution is -0.129. The van der Waals surface area contributed by atoms with Crippen molar-refractivity contribution in [1.82, 2.24) is 15.9 Å². The third-order valence-corrected chi connectivity index (χ3v) is 2.71. The van der Waals surface area contributed by atoms with Crippen LogP contribution >= 0.6 is 11.3 Å². The monoisotopic (exact) mass is 270 g/mol. The van der Waals surface area contributed by atoms with Crippen molar-refractivity contribution in [3.63, 3.8) is 0 Å². The van der Waals surface area contributed by atoms with Crippen LogP contribution in [0.3, 0.4) is 0 Å². The Morgan fingerprint density at radius 3 is 2.72 bits per heavy atom. The zero-order valence-corrected chi connectivity index (χ0v) is 10.4. The van der Waals surface area contributed by atoms with Crippen molar-refractivity contribution >= 4 is 29.4 Å². The van der Waals surface area contributed by atoms with Gasteiger partial charge in [0.25, 0.3) is 0 Å². The van der Waals surface area contributed by atoms with Crippen molar-refractivity contribution in [3.05, 3.63) is 16.6 Å². The second kappa shape index (κ2) is 8.31. The maximum Gasteiger partial charge on any atom is 0.243 e. The zero-order valence-electron chi connectivity index (χ0n) is 9.63. The van der Waals surface area contributed by atoms with Crippen molar-refractivity contribution in [1.29, 1.82) is 0 Å². The van der Waals surface area contributed by atoms with E-state index in [0.717, 1.165) is 5.01 Å². The molecule has 8 heteroatoms. The highest BCUT2D eigenvalue weighted by molar-refractivity contribution is 7.11. The van der Waals surface area contributed by atoms with Gasteiger partial charge in [-0.1, -0.05) is 0 Å². The number of carbonyl (C=O) groups excluding carboxylic acids is 2. The number of rotatable bonds is 7. The van der Waals surface area contributed by atoms with Crippen LogP contribution in [0.25, 0.3) is 0 Å². The SMILES string of the molecule is O=C(CCCCC(=O)N/N=C/c1nccs1)NO. The van der Waals surface area contributed by atoms with Crippen molar-refractivity contribution in [2.75, 3.05) is 0 Å². The summed E-state index contributed by atoms with van der Waals surface area (Å²) in [6.45, 7) is 0. The average molecular weight is 270 g/mol. The summed E-state index contributed by atoms with van der Waals surface area (Å²) in [5.41, 5.74) is 3.90. The van der Waals surface area contributed by atoms with Gasteiger partial charge in [0.05, 0.1) is 6.21 Å². The average Bonchev–Trinajstić information content (AvgIpc) is 2.87. The predicted molar refractivity (Wildman–Crippen MR) is 66.2 cm³/mol. The van der Waals surface area contributed by atoms with E-state index in [9.17, 15) is 9.59 Å². The van der Waals surface area contributed by atoms with E-state index in [0.29, 0.717) is 12.8 Å². The number of amides is 2. The van der Waals surface area contributed by atoms with Gasteiger partial charge in [0.2, 0.25) is 11.8 Å². The van der Waals surface area contributed by atoms with Crippen molar-refractivity contribution in [3.8, 4) is 0 Å². The number of hydrogen-bond acceptors (Lipinski definition) is 6. The first-order valence-electron chi connectivity index (χ1n) is 5.36. The lowest BCUT2D eigenvalue weighted by atomic mass is 10.2. The van der Waals surface area contributed by atoms with Crippen LogP contribution in [0.15, 0.2) is 16.7 Å². The molecule has 0 spiro atoms. The molecule has 0 aliphatic rings. The fraction of sp³-hybridized carbons (Fsp3) is 0.400. The number of unbranched alkanes of at least 4 members (excludes halogenated alkanes) is 1. The molecule has 0 saturated heterocycles. The van der Waals surface area contributed by atoms with Crippen LogP contribution in [0.4, 0.5) is 0 Å². The smallest absolute Gasteiger partial charge is 0.243 e. The van der Waals surface area contributed by atoms with E-state index in [-0.39, 0.29) is 18.7 Å². The first kappa shape index (κ1) is 14.3. The van der Waals surface area contributed by atoms with Gasteiger partial charge in [-0.25, -0.2) is 15.9 Å². The van der Waals surface area contributed by atoms with Crippen LogP contribution in [-0.4, -0.2) is 28.2 Å². The quantitative estimate of drug-likeness (QED) is 0.293. The lowest BCUT2D eigenvalue weighted by Crippen LogP contribution is -2.19. The fourth-order valence-electron chi connectivity index (χ4n) is 1.14. The van der Waals surface area contributed by atoms with Crippen molar-refractivity contribution in [2.45, 2.75) is 25.7 Å². The number of aromatic nitrogens is 1. The number of hydrazone groups is 1. The van der Waals surface area contributed by atoms with Gasteiger partial charge < -0.3 is 0 Å². The summed E-state index contributed by atoms with van der Waals surface area (Å²) < 4.78 is 0. The summed E-state index contributed by atoms with van der Waals surface area (Å²) in [6, 6.07) is 0. The molecule has 7 nitrogen and oxygen atoms in total. The molecular formula is C10H14N4O3S. The van der Waals surface area contributed by atoms with E-state index in [1.54, 1.807) is 6.20 Å². The lowest BCUT2D eigenvalue weighted by Gasteiger charge is -1.99. The maximum atomic E-state index is 11.3. The molecule has 18 heavy (non-hydrogen) atoms. The molecule has 1 aromatic heterocycles. The van der Waals surface area contributed by atoms with Gasteiger partial charge in [-0.2, -0.15) is 5.10 Å². The Morgan fingerprint density at radius 2 is 2.11 bits per heavy atom. The molecule has 1 heterocycles. The molecule has 0 saturated carbocycles. The Labute approximate surface area is 108 Å². The summed E-state index contributed by atoms with van der Waals surface area (Å²) in [7, 11) is 0. The highest BCUT2D eigenvalue weighted by Crippen LogP contribution is 2.00. The van der Waals surface area contributed by atoms with E-state index in [2.05, 4.69) is 15.5 Å². The summed E-state index contributed by atoms with van der Waals surface area (Å²) >= 11 is 1.42. The van der Waals surface area contributed by atoms with Crippen LogP contribution in [0.5, 0.6) is 0 Å². The Kier molecular flexibility index (Phi) is 6.59. The van der Waals surface area contributed by atoms with E-state index in [1.165, 1.54) is 23.0 Å². The minimum Gasteiger partial charge on any atom is -0.289 e. The third-order valence-electron chi connectivity index (χ3n) is 2.00. The molecule has 1 aromatic rings. The van der Waals surface area contributed by atoms with Gasteiger partial charge in [0, 0.05) is 24.4 Å². The molecule has 0 aromatic carbocycles. The van der Waals surface area contributed by atoms with E-state index < -0.39 is 5.91 Å². The van der Waals surface area contributed by atoms with Crippen LogP contribution in [-0.2, 0) is 9.59 Å². The molecule has 0 aliphatic heterocycles. The molecule has 0 fully saturated rings. The summed E-state index contributed by atoms with van der Waals surface area (Å²) in [5.74, 6) is -0.663. The van der Waals surface area contributed by atoms with Crippen LogP contribution in [0.2, 0.25) is 0 Å². The second-order valence-corrected chi connectivity index (χ2v) is 4.33. The van der Waals surface area contributed by atoms with Gasteiger partial charge in [-0.15, -0.1) is 11.3 Å². The molecule has 0 radical (unpaired) electrons. The van der Waals surface area contributed by atoms with Gasteiger partial charge in [-0.05, 0) is 12.8 Å². The standard InChI is InChI=1S/C10H14N4O3S/c15-8(3-1-2-4-9(16)14-17)13-12-7-10-11-5-6-18-10/h5-7,17H,1-4H2,(H,13,15)(H,14,16)/b12-7+. The largest absolute Gasteiger partial charge is 0.289 e. The summed E-state index contributed by atoms with van der Waals surface area (Å²) in [5, 5.41) is 14.5. The molecule has 0 atom stereocenters. The zero-order chi connectivity index (χ0) is 13.2. The Hall–Kier alpha value is -1.80. The molecule has 0 bridgehead atoms. The normalized spacial score (nSPS) is 10.5. The predicted octanol–water partition coefficient (Wildman–Crippen LogP) is 0.659. The fourth-order valence-corrected chi connectivity index (χ4v) is 1.64. The van der Waals surface area contributed by atoms with Crippen molar-refractivity contribution < 1.29 is 14.8 Å². The summed E-state index contributed by atoms with van der Waals surface area (Å²) in [4.78, 5) is 25.9. The molecular weight excluding hydrogens is 256 g/mol. The number of hydrogen-bond donors (Lipinski definition) is 3. The van der Waals surface area contributed by atoms with Crippen LogP contribution in [0.1, 0.15) is 30.7 Å². The molecule has 3 N–H and O–H groups in total. The minimum absolute atomic E-state index is 0.201.